The largest absolute Gasteiger partial charge is 0.261 e. The highest BCUT2D eigenvalue weighted by Gasteiger charge is 1.99. The Kier molecular flexibility index (Phi) is 3.94. The minimum atomic E-state index is 1.14. The van der Waals surface area contributed by atoms with E-state index in [0.29, 0.717) is 0 Å². The molecule has 0 aliphatic heterocycles. The first-order valence-electron chi connectivity index (χ1n) is 5.16. The minimum absolute atomic E-state index is 1.14. The van der Waals surface area contributed by atoms with Crippen LogP contribution >= 0.6 is 0 Å². The molecule has 0 unspecified atom stereocenters. The molecule has 0 aliphatic carbocycles. The van der Waals surface area contributed by atoms with Crippen LogP contribution in [0.3, 0.4) is 0 Å². The Bertz CT molecular complexity index is 266. The predicted octanol–water partition coefficient (Wildman–Crippen LogP) is 3.43. The van der Waals surface area contributed by atoms with Crippen molar-refractivity contribution in [3.05, 3.63) is 29.1 Å². The smallest absolute Gasteiger partial charge is 0.0432 e. The van der Waals surface area contributed by atoms with Gasteiger partial charge in [-0.1, -0.05) is 25.8 Å². The monoisotopic (exact) mass is 177 g/mol. The molecule has 0 amide bonds. The van der Waals surface area contributed by atoms with Gasteiger partial charge in [-0.05, 0) is 37.8 Å². The standard InChI is InChI=1S/C12H19N/c1-4-5-6-7-12-11(3)8-10(2)9-13-12/h8-9H,4-7H2,1-3H3. The summed E-state index contributed by atoms with van der Waals surface area (Å²) in [6.07, 6.45) is 6.97. The molecule has 0 saturated heterocycles. The molecule has 0 radical (unpaired) electrons. The van der Waals surface area contributed by atoms with Crippen molar-refractivity contribution >= 4 is 0 Å². The summed E-state index contributed by atoms with van der Waals surface area (Å²) in [6, 6.07) is 2.22. The van der Waals surface area contributed by atoms with Crippen LogP contribution in [0.5, 0.6) is 0 Å². The Balaban J connectivity index is 2.56. The summed E-state index contributed by atoms with van der Waals surface area (Å²) in [5, 5.41) is 0. The SMILES string of the molecule is CCCCCc1ncc(C)cc1C. The summed E-state index contributed by atoms with van der Waals surface area (Å²) < 4.78 is 0. The summed E-state index contributed by atoms with van der Waals surface area (Å²) in [7, 11) is 0. The van der Waals surface area contributed by atoms with E-state index in [-0.39, 0.29) is 0 Å². The summed E-state index contributed by atoms with van der Waals surface area (Å²) in [5.74, 6) is 0. The lowest BCUT2D eigenvalue weighted by molar-refractivity contribution is 0.704. The molecule has 0 aromatic carbocycles. The van der Waals surface area contributed by atoms with Gasteiger partial charge in [0.2, 0.25) is 0 Å². The number of rotatable bonds is 4. The zero-order valence-corrected chi connectivity index (χ0v) is 8.93. The van der Waals surface area contributed by atoms with E-state index in [1.165, 1.54) is 36.1 Å². The maximum absolute atomic E-state index is 4.45. The van der Waals surface area contributed by atoms with Gasteiger partial charge >= 0.3 is 0 Å². The van der Waals surface area contributed by atoms with E-state index in [1.807, 2.05) is 6.20 Å². The molecule has 72 valence electrons. The lowest BCUT2D eigenvalue weighted by atomic mass is 10.1. The lowest BCUT2D eigenvalue weighted by Gasteiger charge is -2.04. The summed E-state index contributed by atoms with van der Waals surface area (Å²) in [4.78, 5) is 4.45. The summed E-state index contributed by atoms with van der Waals surface area (Å²) in [5.41, 5.74) is 3.88. The molecule has 0 spiro atoms. The Morgan fingerprint density at radius 2 is 2.00 bits per heavy atom. The molecule has 1 nitrogen and oxygen atoms in total. The molecule has 1 heteroatoms. The van der Waals surface area contributed by atoms with E-state index >= 15 is 0 Å². The maximum atomic E-state index is 4.45. The van der Waals surface area contributed by atoms with Crippen molar-refractivity contribution in [1.82, 2.24) is 4.98 Å². The van der Waals surface area contributed by atoms with Crippen molar-refractivity contribution < 1.29 is 0 Å². The van der Waals surface area contributed by atoms with Crippen LogP contribution in [0, 0.1) is 13.8 Å². The van der Waals surface area contributed by atoms with Crippen molar-refractivity contribution in [3.63, 3.8) is 0 Å². The van der Waals surface area contributed by atoms with Crippen LogP contribution in [-0.2, 0) is 6.42 Å². The second-order valence-corrected chi connectivity index (χ2v) is 3.73. The van der Waals surface area contributed by atoms with Gasteiger partial charge in [0, 0.05) is 11.9 Å². The maximum Gasteiger partial charge on any atom is 0.0432 e. The molecular weight excluding hydrogens is 158 g/mol. The van der Waals surface area contributed by atoms with Crippen molar-refractivity contribution in [3.8, 4) is 0 Å². The first kappa shape index (κ1) is 10.2. The van der Waals surface area contributed by atoms with Crippen LogP contribution in [0.2, 0.25) is 0 Å². The number of unbranched alkanes of at least 4 members (excludes halogenated alkanes) is 2. The predicted molar refractivity (Wildman–Crippen MR) is 56.9 cm³/mol. The lowest BCUT2D eigenvalue weighted by Crippen LogP contribution is -1.94. The first-order valence-corrected chi connectivity index (χ1v) is 5.16. The fraction of sp³-hybridized carbons (Fsp3) is 0.583. The molecule has 0 saturated carbocycles. The van der Waals surface area contributed by atoms with E-state index < -0.39 is 0 Å². The fourth-order valence-electron chi connectivity index (χ4n) is 1.55. The van der Waals surface area contributed by atoms with Gasteiger partial charge in [0.25, 0.3) is 0 Å². The molecular formula is C12H19N. The van der Waals surface area contributed by atoms with E-state index in [1.54, 1.807) is 0 Å². The highest BCUT2D eigenvalue weighted by molar-refractivity contribution is 5.23. The van der Waals surface area contributed by atoms with Crippen LogP contribution in [0.15, 0.2) is 12.3 Å². The number of aromatic nitrogens is 1. The third-order valence-corrected chi connectivity index (χ3v) is 2.34. The van der Waals surface area contributed by atoms with Gasteiger partial charge in [-0.3, -0.25) is 4.98 Å². The van der Waals surface area contributed by atoms with Crippen LogP contribution < -0.4 is 0 Å². The quantitative estimate of drug-likeness (QED) is 0.642. The van der Waals surface area contributed by atoms with E-state index in [9.17, 15) is 0 Å². The topological polar surface area (TPSA) is 12.9 Å². The van der Waals surface area contributed by atoms with Crippen LogP contribution in [0.25, 0.3) is 0 Å². The van der Waals surface area contributed by atoms with Crippen molar-refractivity contribution in [1.29, 1.82) is 0 Å². The van der Waals surface area contributed by atoms with E-state index in [4.69, 9.17) is 0 Å². The highest BCUT2D eigenvalue weighted by Crippen LogP contribution is 2.10. The molecule has 0 N–H and O–H groups in total. The van der Waals surface area contributed by atoms with Gasteiger partial charge in [-0.2, -0.15) is 0 Å². The first-order chi connectivity index (χ1) is 6.24. The van der Waals surface area contributed by atoms with Gasteiger partial charge in [0.1, 0.15) is 0 Å². The van der Waals surface area contributed by atoms with E-state index in [2.05, 4.69) is 31.8 Å². The Morgan fingerprint density at radius 1 is 1.23 bits per heavy atom. The van der Waals surface area contributed by atoms with Crippen LogP contribution in [-0.4, -0.2) is 4.98 Å². The molecule has 1 aromatic heterocycles. The molecule has 0 atom stereocenters. The average molecular weight is 177 g/mol. The van der Waals surface area contributed by atoms with Crippen LogP contribution in [0.1, 0.15) is 43.0 Å². The number of nitrogens with zero attached hydrogens (tertiary/aromatic N) is 1. The molecule has 0 aliphatic rings. The highest BCUT2D eigenvalue weighted by atomic mass is 14.7. The molecule has 1 aromatic rings. The Hall–Kier alpha value is -0.850. The minimum Gasteiger partial charge on any atom is -0.261 e. The van der Waals surface area contributed by atoms with E-state index in [0.717, 1.165) is 6.42 Å². The second kappa shape index (κ2) is 5.00. The zero-order chi connectivity index (χ0) is 9.68. The van der Waals surface area contributed by atoms with Crippen LogP contribution in [0.4, 0.5) is 0 Å². The summed E-state index contributed by atoms with van der Waals surface area (Å²) >= 11 is 0. The van der Waals surface area contributed by atoms with Gasteiger partial charge < -0.3 is 0 Å². The average Bonchev–Trinajstić information content (AvgIpc) is 2.09. The van der Waals surface area contributed by atoms with Gasteiger partial charge in [0.15, 0.2) is 0 Å². The van der Waals surface area contributed by atoms with Crippen molar-refractivity contribution in [2.45, 2.75) is 46.5 Å². The molecule has 13 heavy (non-hydrogen) atoms. The fourth-order valence-corrected chi connectivity index (χ4v) is 1.55. The van der Waals surface area contributed by atoms with Crippen molar-refractivity contribution in [2.75, 3.05) is 0 Å². The summed E-state index contributed by atoms with van der Waals surface area (Å²) in [6.45, 7) is 6.48. The van der Waals surface area contributed by atoms with Gasteiger partial charge in [0.05, 0.1) is 0 Å². The molecule has 1 rings (SSSR count). The normalized spacial score (nSPS) is 10.4. The Labute approximate surface area is 81.2 Å². The third-order valence-electron chi connectivity index (χ3n) is 2.34. The Morgan fingerprint density at radius 3 is 2.62 bits per heavy atom. The third kappa shape index (κ3) is 3.17. The number of hydrogen-bond donors (Lipinski definition) is 0. The molecule has 0 bridgehead atoms. The van der Waals surface area contributed by atoms with Gasteiger partial charge in [-0.15, -0.1) is 0 Å². The second-order valence-electron chi connectivity index (χ2n) is 3.73. The number of pyridine rings is 1. The zero-order valence-electron chi connectivity index (χ0n) is 8.93. The molecule has 0 fully saturated rings. The number of hydrogen-bond acceptors (Lipinski definition) is 1. The van der Waals surface area contributed by atoms with Crippen molar-refractivity contribution in [2.24, 2.45) is 0 Å². The molecule has 1 heterocycles. The van der Waals surface area contributed by atoms with Gasteiger partial charge in [-0.25, -0.2) is 0 Å². The number of aryl methyl sites for hydroxylation is 3.